The molecule has 0 saturated heterocycles. The minimum absolute atomic E-state index is 0.361. The molecule has 1 saturated carbocycles. The number of phenolic OH excluding ortho intramolecular Hbond substituents is 1. The summed E-state index contributed by atoms with van der Waals surface area (Å²) < 4.78 is 5.30. The Labute approximate surface area is 97.3 Å². The molecule has 2 rings (SSSR count). The van der Waals surface area contributed by atoms with E-state index in [4.69, 9.17) is 4.74 Å². The van der Waals surface area contributed by atoms with Crippen LogP contribution in [0.5, 0.6) is 11.5 Å². The van der Waals surface area contributed by atoms with Crippen LogP contribution < -0.4 is 4.74 Å². The summed E-state index contributed by atoms with van der Waals surface area (Å²) >= 11 is 0. The lowest BCUT2D eigenvalue weighted by Crippen LogP contribution is -2.05. The SMILES string of the molecule is COc1cc(C2CCCCC2)cc(O)c1C. The number of aromatic hydroxyl groups is 1. The van der Waals surface area contributed by atoms with Gasteiger partial charge >= 0.3 is 0 Å². The molecule has 0 aliphatic heterocycles. The third-order valence-corrected chi connectivity index (χ3v) is 3.65. The summed E-state index contributed by atoms with van der Waals surface area (Å²) in [5.74, 6) is 1.77. The van der Waals surface area contributed by atoms with Crippen molar-refractivity contribution >= 4 is 0 Å². The highest BCUT2D eigenvalue weighted by molar-refractivity contribution is 5.47. The van der Waals surface area contributed by atoms with E-state index in [0.29, 0.717) is 11.7 Å². The van der Waals surface area contributed by atoms with Crippen LogP contribution in [0.3, 0.4) is 0 Å². The molecular formula is C14H20O2. The van der Waals surface area contributed by atoms with Gasteiger partial charge in [-0.3, -0.25) is 0 Å². The van der Waals surface area contributed by atoms with Crippen molar-refractivity contribution in [1.82, 2.24) is 0 Å². The van der Waals surface area contributed by atoms with E-state index in [2.05, 4.69) is 6.07 Å². The minimum Gasteiger partial charge on any atom is -0.508 e. The lowest BCUT2D eigenvalue weighted by atomic mass is 9.83. The predicted octanol–water partition coefficient (Wildman–Crippen LogP) is 3.76. The Balaban J connectivity index is 2.29. The number of hydrogen-bond donors (Lipinski definition) is 1. The van der Waals surface area contributed by atoms with Gasteiger partial charge in [0.05, 0.1) is 7.11 Å². The number of benzene rings is 1. The first-order chi connectivity index (χ1) is 7.72. The summed E-state index contributed by atoms with van der Waals surface area (Å²) in [6.07, 6.45) is 6.45. The van der Waals surface area contributed by atoms with E-state index in [1.807, 2.05) is 13.0 Å². The number of hydrogen-bond acceptors (Lipinski definition) is 2. The van der Waals surface area contributed by atoms with Gasteiger partial charge in [-0.15, -0.1) is 0 Å². The second kappa shape index (κ2) is 4.77. The second-order valence-electron chi connectivity index (χ2n) is 4.70. The third-order valence-electron chi connectivity index (χ3n) is 3.65. The Morgan fingerprint density at radius 1 is 1.19 bits per heavy atom. The molecule has 0 aromatic heterocycles. The number of rotatable bonds is 2. The van der Waals surface area contributed by atoms with E-state index in [0.717, 1.165) is 11.3 Å². The zero-order valence-electron chi connectivity index (χ0n) is 10.1. The second-order valence-corrected chi connectivity index (χ2v) is 4.70. The Kier molecular flexibility index (Phi) is 3.37. The topological polar surface area (TPSA) is 29.5 Å². The average molecular weight is 220 g/mol. The predicted molar refractivity (Wildman–Crippen MR) is 65.2 cm³/mol. The Morgan fingerprint density at radius 3 is 2.50 bits per heavy atom. The Hall–Kier alpha value is -1.18. The van der Waals surface area contributed by atoms with Crippen molar-refractivity contribution in [2.24, 2.45) is 0 Å². The molecule has 0 amide bonds. The molecular weight excluding hydrogens is 200 g/mol. The van der Waals surface area contributed by atoms with Crippen molar-refractivity contribution in [2.75, 3.05) is 7.11 Å². The van der Waals surface area contributed by atoms with Crippen LogP contribution in [0.15, 0.2) is 12.1 Å². The van der Waals surface area contributed by atoms with Crippen LogP contribution in [-0.2, 0) is 0 Å². The summed E-state index contributed by atoms with van der Waals surface area (Å²) in [6.45, 7) is 1.89. The van der Waals surface area contributed by atoms with Crippen molar-refractivity contribution in [1.29, 1.82) is 0 Å². The molecule has 1 aliphatic rings. The fourth-order valence-electron chi connectivity index (χ4n) is 2.58. The van der Waals surface area contributed by atoms with Crippen LogP contribution in [0.25, 0.3) is 0 Å². The fourth-order valence-corrected chi connectivity index (χ4v) is 2.58. The number of methoxy groups -OCH3 is 1. The smallest absolute Gasteiger partial charge is 0.125 e. The Morgan fingerprint density at radius 2 is 1.88 bits per heavy atom. The van der Waals surface area contributed by atoms with Gasteiger partial charge in [0.15, 0.2) is 0 Å². The van der Waals surface area contributed by atoms with Crippen molar-refractivity contribution < 1.29 is 9.84 Å². The summed E-state index contributed by atoms with van der Waals surface area (Å²) in [5.41, 5.74) is 2.07. The molecule has 1 aromatic carbocycles. The minimum atomic E-state index is 0.361. The van der Waals surface area contributed by atoms with Crippen molar-refractivity contribution in [2.45, 2.75) is 44.9 Å². The van der Waals surface area contributed by atoms with Crippen LogP contribution >= 0.6 is 0 Å². The highest BCUT2D eigenvalue weighted by Crippen LogP contribution is 2.37. The highest BCUT2D eigenvalue weighted by Gasteiger charge is 2.18. The van der Waals surface area contributed by atoms with E-state index < -0.39 is 0 Å². The number of phenols is 1. The van der Waals surface area contributed by atoms with Crippen molar-refractivity contribution in [3.63, 3.8) is 0 Å². The molecule has 1 aromatic rings. The lowest BCUT2D eigenvalue weighted by molar-refractivity contribution is 0.396. The van der Waals surface area contributed by atoms with E-state index in [1.54, 1.807) is 7.11 Å². The largest absolute Gasteiger partial charge is 0.508 e. The first-order valence-electron chi connectivity index (χ1n) is 6.10. The normalized spacial score (nSPS) is 17.4. The molecule has 16 heavy (non-hydrogen) atoms. The van der Waals surface area contributed by atoms with Gasteiger partial charge in [-0.05, 0) is 43.4 Å². The maximum Gasteiger partial charge on any atom is 0.125 e. The van der Waals surface area contributed by atoms with Gasteiger partial charge in [0, 0.05) is 5.56 Å². The van der Waals surface area contributed by atoms with Gasteiger partial charge in [-0.25, -0.2) is 0 Å². The molecule has 2 heteroatoms. The van der Waals surface area contributed by atoms with E-state index in [-0.39, 0.29) is 0 Å². The maximum absolute atomic E-state index is 9.86. The van der Waals surface area contributed by atoms with Gasteiger partial charge in [-0.1, -0.05) is 19.3 Å². The van der Waals surface area contributed by atoms with Gasteiger partial charge in [0.1, 0.15) is 11.5 Å². The zero-order valence-corrected chi connectivity index (χ0v) is 10.1. The van der Waals surface area contributed by atoms with Gasteiger partial charge in [0.2, 0.25) is 0 Å². The maximum atomic E-state index is 9.86. The van der Waals surface area contributed by atoms with Gasteiger partial charge in [0.25, 0.3) is 0 Å². The molecule has 0 radical (unpaired) electrons. The third kappa shape index (κ3) is 2.16. The van der Waals surface area contributed by atoms with Gasteiger partial charge in [-0.2, -0.15) is 0 Å². The van der Waals surface area contributed by atoms with Crippen LogP contribution in [0.2, 0.25) is 0 Å². The molecule has 1 N–H and O–H groups in total. The van der Waals surface area contributed by atoms with E-state index in [9.17, 15) is 5.11 Å². The van der Waals surface area contributed by atoms with Crippen molar-refractivity contribution in [3.8, 4) is 11.5 Å². The quantitative estimate of drug-likeness (QED) is 0.822. The van der Waals surface area contributed by atoms with Crippen LogP contribution in [0, 0.1) is 6.92 Å². The molecule has 0 spiro atoms. The number of ether oxygens (including phenoxy) is 1. The van der Waals surface area contributed by atoms with E-state index in [1.165, 1.54) is 37.7 Å². The first-order valence-corrected chi connectivity index (χ1v) is 6.10. The summed E-state index contributed by atoms with van der Waals surface area (Å²) in [4.78, 5) is 0. The molecule has 0 unspecified atom stereocenters. The monoisotopic (exact) mass is 220 g/mol. The van der Waals surface area contributed by atoms with Crippen molar-refractivity contribution in [3.05, 3.63) is 23.3 Å². The van der Waals surface area contributed by atoms with Crippen LogP contribution in [-0.4, -0.2) is 12.2 Å². The highest BCUT2D eigenvalue weighted by atomic mass is 16.5. The lowest BCUT2D eigenvalue weighted by Gasteiger charge is -2.23. The molecule has 0 bridgehead atoms. The van der Waals surface area contributed by atoms with Gasteiger partial charge < -0.3 is 9.84 Å². The molecule has 1 aliphatic carbocycles. The Bertz CT molecular complexity index is 365. The fraction of sp³-hybridized carbons (Fsp3) is 0.571. The molecule has 1 fully saturated rings. The average Bonchev–Trinajstić information content (AvgIpc) is 2.33. The summed E-state index contributed by atoms with van der Waals surface area (Å²) in [7, 11) is 1.66. The summed E-state index contributed by atoms with van der Waals surface area (Å²) in [5, 5.41) is 9.86. The molecule has 0 heterocycles. The molecule has 2 nitrogen and oxygen atoms in total. The zero-order chi connectivity index (χ0) is 11.5. The first kappa shape index (κ1) is 11.3. The van der Waals surface area contributed by atoms with E-state index >= 15 is 0 Å². The van der Waals surface area contributed by atoms with Crippen LogP contribution in [0.4, 0.5) is 0 Å². The van der Waals surface area contributed by atoms with Crippen LogP contribution in [0.1, 0.15) is 49.1 Å². The molecule has 88 valence electrons. The summed E-state index contributed by atoms with van der Waals surface area (Å²) in [6, 6.07) is 4.00. The molecule has 0 atom stereocenters. The standard InChI is InChI=1S/C14H20O2/c1-10-13(15)8-12(9-14(10)16-2)11-6-4-3-5-7-11/h8-9,11,15H,3-7H2,1-2H3.